The van der Waals surface area contributed by atoms with Crippen molar-refractivity contribution in [2.75, 3.05) is 0 Å². The third-order valence-corrected chi connectivity index (χ3v) is 4.86. The molecule has 1 fully saturated rings. The Morgan fingerprint density at radius 2 is 1.78 bits per heavy atom. The van der Waals surface area contributed by atoms with E-state index in [1.54, 1.807) is 12.3 Å². The van der Waals surface area contributed by atoms with Gasteiger partial charge in [0.2, 0.25) is 5.91 Å². The summed E-state index contributed by atoms with van der Waals surface area (Å²) in [4.78, 5) is 38.6. The van der Waals surface area contributed by atoms with Gasteiger partial charge < -0.3 is 15.6 Å². The largest absolute Gasteiger partial charge is 0.356 e. The van der Waals surface area contributed by atoms with Crippen LogP contribution in [0.15, 0.2) is 18.3 Å². The van der Waals surface area contributed by atoms with Crippen molar-refractivity contribution >= 4 is 17.6 Å². The van der Waals surface area contributed by atoms with Crippen molar-refractivity contribution in [2.24, 2.45) is 0 Å². The van der Waals surface area contributed by atoms with Crippen LogP contribution in [-0.4, -0.2) is 44.9 Å². The summed E-state index contributed by atoms with van der Waals surface area (Å²) in [7, 11) is 0. The molecule has 2 amide bonds. The van der Waals surface area contributed by atoms with Crippen LogP contribution in [-0.2, 0) is 11.2 Å². The lowest BCUT2D eigenvalue weighted by Gasteiger charge is -2.29. The van der Waals surface area contributed by atoms with Gasteiger partial charge in [0.25, 0.3) is 5.91 Å². The van der Waals surface area contributed by atoms with Crippen LogP contribution in [0.1, 0.15) is 64.8 Å². The molecule has 0 unspecified atom stereocenters. The molecule has 144 valence electrons. The van der Waals surface area contributed by atoms with Crippen LogP contribution in [0, 0.1) is 6.92 Å². The molecule has 0 saturated heterocycles. The van der Waals surface area contributed by atoms with Gasteiger partial charge in [-0.3, -0.25) is 19.5 Å². The first kappa shape index (κ1) is 18.9. The minimum atomic E-state index is -0.205. The predicted octanol–water partition coefficient (Wildman–Crippen LogP) is 1.65. The van der Waals surface area contributed by atoms with Crippen LogP contribution >= 0.6 is 0 Å². The van der Waals surface area contributed by atoms with E-state index in [0.29, 0.717) is 11.3 Å². The molecule has 0 atom stereocenters. The van der Waals surface area contributed by atoms with E-state index in [-0.39, 0.29) is 36.1 Å². The second-order valence-corrected chi connectivity index (χ2v) is 7.17. The summed E-state index contributed by atoms with van der Waals surface area (Å²) in [5.74, 6) is -0.312. The number of aromatic amines is 2. The Hall–Kier alpha value is -2.90. The number of hydrogen-bond donors (Lipinski definition) is 4. The zero-order chi connectivity index (χ0) is 19.4. The van der Waals surface area contributed by atoms with E-state index in [9.17, 15) is 14.4 Å². The lowest BCUT2D eigenvalue weighted by atomic mass is 9.91. The van der Waals surface area contributed by atoms with E-state index in [1.807, 2.05) is 13.0 Å². The summed E-state index contributed by atoms with van der Waals surface area (Å²) in [6.45, 7) is 3.37. The van der Waals surface area contributed by atoms with Crippen LogP contribution in [0.4, 0.5) is 0 Å². The number of H-pyrrole nitrogens is 2. The van der Waals surface area contributed by atoms with Crippen LogP contribution in [0.25, 0.3) is 0 Å². The van der Waals surface area contributed by atoms with Crippen molar-refractivity contribution in [1.82, 2.24) is 25.8 Å². The van der Waals surface area contributed by atoms with Gasteiger partial charge in [0, 0.05) is 29.5 Å². The number of nitrogens with one attached hydrogen (secondary N) is 4. The highest BCUT2D eigenvalue weighted by Crippen LogP contribution is 2.19. The van der Waals surface area contributed by atoms with E-state index in [1.165, 1.54) is 6.92 Å². The number of amides is 2. The summed E-state index contributed by atoms with van der Waals surface area (Å²) < 4.78 is 0. The SMILES string of the molecule is CC(=O)c1c[nH]c(C(=O)NC2CCC(NC(=O)Cc3cc(C)[nH]n3)CC2)c1. The quantitative estimate of drug-likeness (QED) is 0.577. The molecule has 2 heterocycles. The molecule has 0 aromatic carbocycles. The molecule has 0 bridgehead atoms. The fourth-order valence-corrected chi connectivity index (χ4v) is 3.38. The lowest BCUT2D eigenvalue weighted by Crippen LogP contribution is -2.44. The fraction of sp³-hybridized carbons (Fsp3) is 0.474. The smallest absolute Gasteiger partial charge is 0.267 e. The zero-order valence-corrected chi connectivity index (χ0v) is 15.6. The average Bonchev–Trinajstić information content (AvgIpc) is 3.26. The van der Waals surface area contributed by atoms with E-state index in [4.69, 9.17) is 0 Å². The number of hydrogen-bond acceptors (Lipinski definition) is 4. The van der Waals surface area contributed by atoms with Gasteiger partial charge in [-0.15, -0.1) is 0 Å². The molecule has 0 aliphatic heterocycles. The summed E-state index contributed by atoms with van der Waals surface area (Å²) in [5, 5.41) is 13.0. The molecule has 2 aromatic rings. The van der Waals surface area contributed by atoms with Crippen molar-refractivity contribution < 1.29 is 14.4 Å². The number of Topliss-reactive ketones (excluding diaryl/α,β-unsaturated/α-hetero) is 1. The maximum absolute atomic E-state index is 12.3. The Balaban J connectivity index is 1.42. The van der Waals surface area contributed by atoms with Gasteiger partial charge in [-0.25, -0.2) is 0 Å². The first-order valence-electron chi connectivity index (χ1n) is 9.21. The topological polar surface area (TPSA) is 120 Å². The highest BCUT2D eigenvalue weighted by Gasteiger charge is 2.24. The molecule has 2 aromatic heterocycles. The Bertz CT molecular complexity index is 830. The van der Waals surface area contributed by atoms with E-state index >= 15 is 0 Å². The predicted molar refractivity (Wildman–Crippen MR) is 99.5 cm³/mol. The molecular formula is C19H25N5O3. The van der Waals surface area contributed by atoms with Crippen LogP contribution in [0.5, 0.6) is 0 Å². The summed E-state index contributed by atoms with van der Waals surface area (Å²) in [6.07, 6.45) is 5.06. The number of carbonyl (C=O) groups excluding carboxylic acids is 3. The van der Waals surface area contributed by atoms with Crippen molar-refractivity contribution in [3.8, 4) is 0 Å². The molecule has 3 rings (SSSR count). The van der Waals surface area contributed by atoms with E-state index in [2.05, 4.69) is 25.8 Å². The number of aromatic nitrogens is 3. The van der Waals surface area contributed by atoms with Gasteiger partial charge in [-0.05, 0) is 51.7 Å². The second kappa shape index (κ2) is 8.20. The van der Waals surface area contributed by atoms with Gasteiger partial charge in [0.05, 0.1) is 12.1 Å². The Morgan fingerprint density at radius 1 is 1.11 bits per heavy atom. The van der Waals surface area contributed by atoms with Gasteiger partial charge in [-0.2, -0.15) is 5.10 Å². The summed E-state index contributed by atoms with van der Waals surface area (Å²) in [6, 6.07) is 3.63. The maximum atomic E-state index is 12.3. The van der Waals surface area contributed by atoms with Gasteiger partial charge >= 0.3 is 0 Å². The third-order valence-electron chi connectivity index (χ3n) is 4.86. The van der Waals surface area contributed by atoms with Crippen molar-refractivity contribution in [3.05, 3.63) is 41.0 Å². The van der Waals surface area contributed by atoms with Crippen LogP contribution in [0.2, 0.25) is 0 Å². The molecule has 0 spiro atoms. The minimum Gasteiger partial charge on any atom is -0.356 e. The molecule has 0 radical (unpaired) electrons. The average molecular weight is 371 g/mol. The molecule has 8 nitrogen and oxygen atoms in total. The first-order valence-corrected chi connectivity index (χ1v) is 9.21. The molecule has 4 N–H and O–H groups in total. The maximum Gasteiger partial charge on any atom is 0.267 e. The number of nitrogens with zero attached hydrogens (tertiary/aromatic N) is 1. The molecule has 1 aliphatic carbocycles. The van der Waals surface area contributed by atoms with Gasteiger partial charge in [0.1, 0.15) is 5.69 Å². The highest BCUT2D eigenvalue weighted by molar-refractivity contribution is 5.99. The fourth-order valence-electron chi connectivity index (χ4n) is 3.38. The lowest BCUT2D eigenvalue weighted by molar-refractivity contribution is -0.121. The third kappa shape index (κ3) is 5.06. The number of carbonyl (C=O) groups is 3. The van der Waals surface area contributed by atoms with Gasteiger partial charge in [0.15, 0.2) is 5.78 Å². The van der Waals surface area contributed by atoms with Crippen LogP contribution < -0.4 is 10.6 Å². The summed E-state index contributed by atoms with van der Waals surface area (Å²) in [5.41, 5.74) is 2.57. The number of rotatable bonds is 6. The Labute approximate surface area is 157 Å². The van der Waals surface area contributed by atoms with E-state index < -0.39 is 0 Å². The normalized spacial score (nSPS) is 19.5. The molecule has 1 aliphatic rings. The second-order valence-electron chi connectivity index (χ2n) is 7.17. The van der Waals surface area contributed by atoms with Crippen molar-refractivity contribution in [1.29, 1.82) is 0 Å². The number of aryl methyl sites for hydroxylation is 1. The van der Waals surface area contributed by atoms with E-state index in [0.717, 1.165) is 37.1 Å². The van der Waals surface area contributed by atoms with Crippen LogP contribution in [0.3, 0.4) is 0 Å². The van der Waals surface area contributed by atoms with Crippen molar-refractivity contribution in [2.45, 2.75) is 58.0 Å². The monoisotopic (exact) mass is 371 g/mol. The van der Waals surface area contributed by atoms with Gasteiger partial charge in [-0.1, -0.05) is 0 Å². The molecule has 1 saturated carbocycles. The zero-order valence-electron chi connectivity index (χ0n) is 15.6. The molecule has 27 heavy (non-hydrogen) atoms. The number of ketones is 1. The first-order chi connectivity index (χ1) is 12.9. The Morgan fingerprint density at radius 3 is 2.33 bits per heavy atom. The molecule has 8 heteroatoms. The minimum absolute atomic E-state index is 0.0304. The highest BCUT2D eigenvalue weighted by atomic mass is 16.2. The summed E-state index contributed by atoms with van der Waals surface area (Å²) >= 11 is 0. The van der Waals surface area contributed by atoms with Crippen molar-refractivity contribution in [3.63, 3.8) is 0 Å². The Kier molecular flexibility index (Phi) is 5.73. The molecular weight excluding hydrogens is 346 g/mol. The standard InChI is InChI=1S/C19H25N5O3/c1-11-7-16(24-23-11)9-18(26)21-14-3-5-15(6-4-14)22-19(27)17-8-13(10-20-17)12(2)25/h7-8,10,14-15,20H,3-6,9H2,1-2H3,(H,21,26)(H,22,27)(H,23,24).